The van der Waals surface area contributed by atoms with Gasteiger partial charge in [-0.3, -0.25) is 14.9 Å². The Labute approximate surface area is 145 Å². The Kier molecular flexibility index (Phi) is 7.69. The number of hydroxylamine groups is 1. The van der Waals surface area contributed by atoms with Gasteiger partial charge in [0.05, 0.1) is 0 Å². The molecular formula is C19H31N3O2. The molecule has 1 saturated heterocycles. The van der Waals surface area contributed by atoms with Gasteiger partial charge in [-0.1, -0.05) is 36.8 Å². The van der Waals surface area contributed by atoms with Crippen molar-refractivity contribution >= 4 is 5.91 Å². The summed E-state index contributed by atoms with van der Waals surface area (Å²) in [5, 5.41) is 8.47. The largest absolute Gasteiger partial charge is 0.300 e. The SMILES string of the molecule is CC1CN(CCCCCC(=O)NO)CC(C)N1Cc1ccccc1. The Morgan fingerprint density at radius 1 is 1.12 bits per heavy atom. The summed E-state index contributed by atoms with van der Waals surface area (Å²) < 4.78 is 0. The Hall–Kier alpha value is -1.43. The van der Waals surface area contributed by atoms with Crippen LogP contribution in [-0.2, 0) is 11.3 Å². The Morgan fingerprint density at radius 3 is 2.42 bits per heavy atom. The average Bonchev–Trinajstić information content (AvgIpc) is 2.58. The monoisotopic (exact) mass is 333 g/mol. The van der Waals surface area contributed by atoms with E-state index in [1.165, 1.54) is 5.56 Å². The number of piperazine rings is 1. The molecule has 0 bridgehead atoms. The molecule has 0 aromatic heterocycles. The maximum atomic E-state index is 11.0. The van der Waals surface area contributed by atoms with E-state index in [2.05, 4.69) is 54.0 Å². The first-order chi connectivity index (χ1) is 11.6. The van der Waals surface area contributed by atoms with E-state index in [-0.39, 0.29) is 5.91 Å². The van der Waals surface area contributed by atoms with Crippen molar-refractivity contribution in [2.75, 3.05) is 19.6 Å². The molecule has 2 N–H and O–H groups in total. The molecule has 134 valence electrons. The topological polar surface area (TPSA) is 55.8 Å². The van der Waals surface area contributed by atoms with Crippen molar-refractivity contribution in [2.24, 2.45) is 0 Å². The number of carbonyl (C=O) groups is 1. The number of unbranched alkanes of at least 4 members (excludes halogenated alkanes) is 2. The van der Waals surface area contributed by atoms with Gasteiger partial charge in [-0.2, -0.15) is 0 Å². The van der Waals surface area contributed by atoms with E-state index < -0.39 is 0 Å². The van der Waals surface area contributed by atoms with Gasteiger partial charge >= 0.3 is 0 Å². The molecule has 1 aliphatic heterocycles. The molecule has 1 fully saturated rings. The lowest BCUT2D eigenvalue weighted by molar-refractivity contribution is -0.129. The van der Waals surface area contributed by atoms with Crippen LogP contribution in [0.2, 0.25) is 0 Å². The summed E-state index contributed by atoms with van der Waals surface area (Å²) >= 11 is 0. The smallest absolute Gasteiger partial charge is 0.243 e. The molecule has 5 nitrogen and oxygen atoms in total. The predicted octanol–water partition coefficient (Wildman–Crippen LogP) is 2.65. The number of rotatable bonds is 8. The second-order valence-corrected chi connectivity index (χ2v) is 6.96. The van der Waals surface area contributed by atoms with E-state index in [1.54, 1.807) is 5.48 Å². The summed E-state index contributed by atoms with van der Waals surface area (Å²) in [7, 11) is 0. The number of nitrogens with one attached hydrogen (secondary N) is 1. The fourth-order valence-corrected chi connectivity index (χ4v) is 3.61. The van der Waals surface area contributed by atoms with E-state index in [4.69, 9.17) is 5.21 Å². The number of hydrogen-bond donors (Lipinski definition) is 2. The first-order valence-corrected chi connectivity index (χ1v) is 9.05. The van der Waals surface area contributed by atoms with Crippen LogP contribution >= 0.6 is 0 Å². The normalized spacial score (nSPS) is 22.5. The van der Waals surface area contributed by atoms with Gasteiger partial charge in [-0.25, -0.2) is 5.48 Å². The van der Waals surface area contributed by atoms with Crippen molar-refractivity contribution in [3.8, 4) is 0 Å². The number of hydrogen-bond acceptors (Lipinski definition) is 4. The molecule has 1 aromatic rings. The summed E-state index contributed by atoms with van der Waals surface area (Å²) in [4.78, 5) is 16.1. The van der Waals surface area contributed by atoms with Crippen molar-refractivity contribution < 1.29 is 10.0 Å². The summed E-state index contributed by atoms with van der Waals surface area (Å²) in [5.41, 5.74) is 3.07. The molecule has 2 unspecified atom stereocenters. The number of nitrogens with zero attached hydrogens (tertiary/aromatic N) is 2. The van der Waals surface area contributed by atoms with E-state index >= 15 is 0 Å². The molecule has 0 saturated carbocycles. The van der Waals surface area contributed by atoms with Crippen LogP contribution < -0.4 is 5.48 Å². The molecule has 24 heavy (non-hydrogen) atoms. The number of amides is 1. The summed E-state index contributed by atoms with van der Waals surface area (Å²) in [6.07, 6.45) is 3.39. The highest BCUT2D eigenvalue weighted by Crippen LogP contribution is 2.19. The summed E-state index contributed by atoms with van der Waals surface area (Å²) in [6, 6.07) is 11.8. The van der Waals surface area contributed by atoms with Crippen LogP contribution in [-0.4, -0.2) is 52.6 Å². The fraction of sp³-hybridized carbons (Fsp3) is 0.632. The first kappa shape index (κ1) is 18.9. The quantitative estimate of drug-likeness (QED) is 0.436. The zero-order chi connectivity index (χ0) is 17.4. The van der Waals surface area contributed by atoms with E-state index in [9.17, 15) is 4.79 Å². The van der Waals surface area contributed by atoms with Gasteiger partial charge in [0.15, 0.2) is 0 Å². The molecule has 1 aromatic carbocycles. The molecule has 5 heteroatoms. The maximum Gasteiger partial charge on any atom is 0.243 e. The van der Waals surface area contributed by atoms with Gasteiger partial charge in [-0.15, -0.1) is 0 Å². The lowest BCUT2D eigenvalue weighted by atomic mass is 10.1. The van der Waals surface area contributed by atoms with Gasteiger partial charge in [0.1, 0.15) is 0 Å². The van der Waals surface area contributed by atoms with Crippen LogP contribution in [0.1, 0.15) is 45.1 Å². The van der Waals surface area contributed by atoms with Gasteiger partial charge in [-0.05, 0) is 38.8 Å². The third-order valence-corrected chi connectivity index (χ3v) is 4.89. The van der Waals surface area contributed by atoms with Gasteiger partial charge in [0.2, 0.25) is 5.91 Å². The van der Waals surface area contributed by atoms with E-state index in [1.807, 2.05) is 0 Å². The van der Waals surface area contributed by atoms with Crippen LogP contribution in [0.5, 0.6) is 0 Å². The second-order valence-electron chi connectivity index (χ2n) is 6.96. The van der Waals surface area contributed by atoms with Gasteiger partial charge in [0, 0.05) is 38.1 Å². The minimum absolute atomic E-state index is 0.285. The Bertz CT molecular complexity index is 483. The predicted molar refractivity (Wildman–Crippen MR) is 95.7 cm³/mol. The molecule has 1 aliphatic rings. The van der Waals surface area contributed by atoms with Crippen LogP contribution in [0, 0.1) is 0 Å². The standard InChI is InChI=1S/C19H31N3O2/c1-16-13-21(12-8-4-7-11-19(23)20-24)14-17(2)22(16)15-18-9-5-3-6-10-18/h3,5-6,9-10,16-17,24H,4,7-8,11-15H2,1-2H3,(H,20,23). The molecular weight excluding hydrogens is 302 g/mol. The fourth-order valence-electron chi connectivity index (χ4n) is 3.61. The molecule has 2 atom stereocenters. The van der Waals surface area contributed by atoms with Crippen molar-refractivity contribution in [2.45, 2.75) is 58.2 Å². The zero-order valence-corrected chi connectivity index (χ0v) is 14.9. The summed E-state index contributed by atoms with van der Waals surface area (Å²) in [5.74, 6) is -0.285. The Balaban J connectivity index is 1.71. The van der Waals surface area contributed by atoms with Crippen LogP contribution in [0.15, 0.2) is 30.3 Å². The zero-order valence-electron chi connectivity index (χ0n) is 14.9. The molecule has 0 spiro atoms. The highest BCUT2D eigenvalue weighted by Gasteiger charge is 2.28. The maximum absolute atomic E-state index is 11.0. The summed E-state index contributed by atoms with van der Waals surface area (Å²) in [6.45, 7) is 8.96. The van der Waals surface area contributed by atoms with E-state index in [0.29, 0.717) is 18.5 Å². The molecule has 2 rings (SSSR count). The lowest BCUT2D eigenvalue weighted by Gasteiger charge is -2.44. The van der Waals surface area contributed by atoms with Gasteiger partial charge < -0.3 is 4.90 Å². The minimum Gasteiger partial charge on any atom is -0.300 e. The van der Waals surface area contributed by atoms with Crippen LogP contribution in [0.25, 0.3) is 0 Å². The van der Waals surface area contributed by atoms with E-state index in [0.717, 1.165) is 45.4 Å². The third-order valence-electron chi connectivity index (χ3n) is 4.89. The van der Waals surface area contributed by atoms with Gasteiger partial charge in [0.25, 0.3) is 0 Å². The average molecular weight is 333 g/mol. The number of carbonyl (C=O) groups excluding carboxylic acids is 1. The minimum atomic E-state index is -0.285. The molecule has 1 amide bonds. The number of benzene rings is 1. The van der Waals surface area contributed by atoms with Crippen molar-refractivity contribution in [1.29, 1.82) is 0 Å². The molecule has 1 heterocycles. The Morgan fingerprint density at radius 2 is 1.79 bits per heavy atom. The highest BCUT2D eigenvalue weighted by atomic mass is 16.5. The van der Waals surface area contributed by atoms with Crippen molar-refractivity contribution in [3.63, 3.8) is 0 Å². The third kappa shape index (κ3) is 5.89. The highest BCUT2D eigenvalue weighted by molar-refractivity contribution is 5.74. The van der Waals surface area contributed by atoms with Crippen molar-refractivity contribution in [1.82, 2.24) is 15.3 Å². The van der Waals surface area contributed by atoms with Crippen LogP contribution in [0.4, 0.5) is 0 Å². The molecule has 0 aliphatic carbocycles. The first-order valence-electron chi connectivity index (χ1n) is 9.05. The molecule has 0 radical (unpaired) electrons. The lowest BCUT2D eigenvalue weighted by Crippen LogP contribution is -2.56. The van der Waals surface area contributed by atoms with Crippen molar-refractivity contribution in [3.05, 3.63) is 35.9 Å². The second kappa shape index (κ2) is 9.77. The van der Waals surface area contributed by atoms with Crippen LogP contribution in [0.3, 0.4) is 0 Å².